The average molecular weight is 280 g/mol. The van der Waals surface area contributed by atoms with Gasteiger partial charge in [0.2, 0.25) is 0 Å². The number of nitrogens with zero attached hydrogens (tertiary/aromatic N) is 1. The van der Waals surface area contributed by atoms with Gasteiger partial charge in [0.05, 0.1) is 4.92 Å². The maximum atomic E-state index is 11.1. The van der Waals surface area contributed by atoms with Crippen LogP contribution >= 0.6 is 0 Å². The summed E-state index contributed by atoms with van der Waals surface area (Å²) in [6.45, 7) is 6.15. The van der Waals surface area contributed by atoms with Crippen molar-refractivity contribution in [2.24, 2.45) is 5.92 Å². The molecule has 0 saturated heterocycles. The van der Waals surface area contributed by atoms with Crippen molar-refractivity contribution < 1.29 is 14.8 Å². The highest BCUT2D eigenvalue weighted by molar-refractivity contribution is 5.95. The van der Waals surface area contributed by atoms with Crippen molar-refractivity contribution in [1.29, 1.82) is 0 Å². The summed E-state index contributed by atoms with van der Waals surface area (Å²) >= 11 is 0. The third kappa shape index (κ3) is 4.22. The molecule has 0 radical (unpaired) electrons. The molecular formula is C14H20N2O4. The molecule has 110 valence electrons. The van der Waals surface area contributed by atoms with Crippen LogP contribution in [0.5, 0.6) is 0 Å². The lowest BCUT2D eigenvalue weighted by Crippen LogP contribution is -2.17. The second-order valence-corrected chi connectivity index (χ2v) is 5.28. The number of hydrogen-bond acceptors (Lipinski definition) is 4. The molecule has 0 bridgehead atoms. The van der Waals surface area contributed by atoms with Gasteiger partial charge in [0.1, 0.15) is 11.3 Å². The highest BCUT2D eigenvalue weighted by Crippen LogP contribution is 2.29. The standard InChI is InChI=1S/C14H20N2O4/c1-9(2)7-8-10(3)15-12-6-4-5-11(14(17)18)13(12)16(19)20/h4-6,9-10,15H,7-8H2,1-3H3,(H,17,18). The second kappa shape index (κ2) is 6.88. The van der Waals surface area contributed by atoms with Crippen LogP contribution < -0.4 is 5.32 Å². The zero-order valence-electron chi connectivity index (χ0n) is 11.9. The SMILES string of the molecule is CC(C)CCC(C)Nc1cccc(C(=O)O)c1[N+](=O)[O-]. The van der Waals surface area contributed by atoms with Crippen molar-refractivity contribution in [3.05, 3.63) is 33.9 Å². The molecule has 20 heavy (non-hydrogen) atoms. The van der Waals surface area contributed by atoms with Gasteiger partial charge in [-0.25, -0.2) is 4.79 Å². The normalized spacial score (nSPS) is 12.2. The van der Waals surface area contributed by atoms with Crippen molar-refractivity contribution in [2.75, 3.05) is 5.32 Å². The number of benzene rings is 1. The zero-order chi connectivity index (χ0) is 15.3. The number of rotatable bonds is 7. The lowest BCUT2D eigenvalue weighted by atomic mass is 10.0. The first-order chi connectivity index (χ1) is 9.32. The number of carbonyl (C=O) groups is 1. The molecule has 0 saturated carbocycles. The van der Waals surface area contributed by atoms with E-state index in [2.05, 4.69) is 19.2 Å². The van der Waals surface area contributed by atoms with Gasteiger partial charge >= 0.3 is 11.7 Å². The summed E-state index contributed by atoms with van der Waals surface area (Å²) in [5.41, 5.74) is -0.418. The van der Waals surface area contributed by atoms with Crippen molar-refractivity contribution >= 4 is 17.3 Å². The topological polar surface area (TPSA) is 92.5 Å². The molecule has 0 amide bonds. The Bertz CT molecular complexity index is 500. The molecule has 1 atom stereocenters. The Labute approximate surface area is 118 Å². The van der Waals surface area contributed by atoms with Crippen molar-refractivity contribution in [3.8, 4) is 0 Å². The number of anilines is 1. The van der Waals surface area contributed by atoms with Gasteiger partial charge in [0.15, 0.2) is 0 Å². The van der Waals surface area contributed by atoms with Crippen LogP contribution in [0.1, 0.15) is 44.0 Å². The van der Waals surface area contributed by atoms with E-state index in [0.717, 1.165) is 12.8 Å². The van der Waals surface area contributed by atoms with Crippen LogP contribution in [-0.4, -0.2) is 22.0 Å². The minimum Gasteiger partial charge on any atom is -0.477 e. The first-order valence-electron chi connectivity index (χ1n) is 6.60. The number of para-hydroxylation sites is 1. The van der Waals surface area contributed by atoms with Crippen LogP contribution in [0.15, 0.2) is 18.2 Å². The number of nitro groups is 1. The molecule has 6 heteroatoms. The Morgan fingerprint density at radius 1 is 1.35 bits per heavy atom. The average Bonchev–Trinajstić information content (AvgIpc) is 2.35. The molecule has 0 fully saturated rings. The predicted molar refractivity (Wildman–Crippen MR) is 77.2 cm³/mol. The summed E-state index contributed by atoms with van der Waals surface area (Å²) in [6, 6.07) is 4.33. The van der Waals surface area contributed by atoms with Crippen molar-refractivity contribution in [1.82, 2.24) is 0 Å². The number of aromatic carboxylic acids is 1. The first kappa shape index (κ1) is 15.9. The summed E-state index contributed by atoms with van der Waals surface area (Å²) < 4.78 is 0. The molecule has 0 aliphatic heterocycles. The molecular weight excluding hydrogens is 260 g/mol. The van der Waals surface area contributed by atoms with E-state index < -0.39 is 10.9 Å². The second-order valence-electron chi connectivity index (χ2n) is 5.28. The molecule has 0 aliphatic rings. The molecule has 0 spiro atoms. The number of carboxylic acids is 1. The Balaban J connectivity index is 2.97. The van der Waals surface area contributed by atoms with Crippen LogP contribution in [0.3, 0.4) is 0 Å². The van der Waals surface area contributed by atoms with Crippen LogP contribution in [0.2, 0.25) is 0 Å². The fraction of sp³-hybridized carbons (Fsp3) is 0.500. The number of nitrogens with one attached hydrogen (secondary N) is 1. The van der Waals surface area contributed by atoms with Crippen LogP contribution in [-0.2, 0) is 0 Å². The van der Waals surface area contributed by atoms with Crippen LogP contribution in [0.25, 0.3) is 0 Å². The summed E-state index contributed by atoms with van der Waals surface area (Å²) in [4.78, 5) is 21.5. The van der Waals surface area contributed by atoms with E-state index in [4.69, 9.17) is 5.11 Å². The molecule has 1 unspecified atom stereocenters. The number of carboxylic acid groups (broad SMARTS) is 1. The van der Waals surface area contributed by atoms with Gasteiger partial charge in [-0.15, -0.1) is 0 Å². The zero-order valence-corrected chi connectivity index (χ0v) is 11.9. The molecule has 1 aromatic carbocycles. The third-order valence-electron chi connectivity index (χ3n) is 3.03. The Morgan fingerprint density at radius 3 is 2.50 bits per heavy atom. The summed E-state index contributed by atoms with van der Waals surface area (Å²) in [6.07, 6.45) is 1.87. The quantitative estimate of drug-likeness (QED) is 0.588. The Hall–Kier alpha value is -2.11. The molecule has 1 aromatic rings. The fourth-order valence-electron chi connectivity index (χ4n) is 1.95. The lowest BCUT2D eigenvalue weighted by Gasteiger charge is -2.16. The molecule has 0 aromatic heterocycles. The minimum absolute atomic E-state index is 0.0418. The smallest absolute Gasteiger partial charge is 0.342 e. The predicted octanol–water partition coefficient (Wildman–Crippen LogP) is 3.53. The van der Waals surface area contributed by atoms with E-state index in [9.17, 15) is 14.9 Å². The number of hydrogen-bond donors (Lipinski definition) is 2. The highest BCUT2D eigenvalue weighted by Gasteiger charge is 2.24. The van der Waals surface area contributed by atoms with Crippen LogP contribution in [0, 0.1) is 16.0 Å². The summed E-state index contributed by atoms with van der Waals surface area (Å²) in [7, 11) is 0. The van der Waals surface area contributed by atoms with Gasteiger partial charge < -0.3 is 10.4 Å². The third-order valence-corrected chi connectivity index (χ3v) is 3.03. The van der Waals surface area contributed by atoms with Crippen LogP contribution in [0.4, 0.5) is 11.4 Å². The first-order valence-corrected chi connectivity index (χ1v) is 6.60. The van der Waals surface area contributed by atoms with Crippen molar-refractivity contribution in [3.63, 3.8) is 0 Å². The fourth-order valence-corrected chi connectivity index (χ4v) is 1.95. The van der Waals surface area contributed by atoms with Gasteiger partial charge in [-0.05, 0) is 37.8 Å². The molecule has 0 heterocycles. The van der Waals surface area contributed by atoms with E-state index in [-0.39, 0.29) is 23.0 Å². The molecule has 0 aliphatic carbocycles. The van der Waals surface area contributed by atoms with Gasteiger partial charge in [-0.1, -0.05) is 19.9 Å². The highest BCUT2D eigenvalue weighted by atomic mass is 16.6. The van der Waals surface area contributed by atoms with Gasteiger partial charge in [-0.3, -0.25) is 10.1 Å². The summed E-state index contributed by atoms with van der Waals surface area (Å²) in [5, 5.41) is 23.2. The van der Waals surface area contributed by atoms with Gasteiger partial charge in [-0.2, -0.15) is 0 Å². The van der Waals surface area contributed by atoms with Crippen molar-refractivity contribution in [2.45, 2.75) is 39.7 Å². The molecule has 1 rings (SSSR count). The van der Waals surface area contributed by atoms with E-state index in [0.29, 0.717) is 5.92 Å². The Kier molecular flexibility index (Phi) is 5.49. The lowest BCUT2D eigenvalue weighted by molar-refractivity contribution is -0.384. The number of nitro benzene ring substituents is 1. The minimum atomic E-state index is -1.30. The largest absolute Gasteiger partial charge is 0.477 e. The van der Waals surface area contributed by atoms with E-state index in [1.54, 1.807) is 0 Å². The van der Waals surface area contributed by atoms with E-state index in [1.165, 1.54) is 18.2 Å². The molecule has 2 N–H and O–H groups in total. The maximum Gasteiger partial charge on any atom is 0.342 e. The Morgan fingerprint density at radius 2 is 2.00 bits per heavy atom. The van der Waals surface area contributed by atoms with E-state index in [1.807, 2.05) is 6.92 Å². The molecule has 6 nitrogen and oxygen atoms in total. The summed E-state index contributed by atoms with van der Waals surface area (Å²) in [5.74, 6) is -0.741. The van der Waals surface area contributed by atoms with Gasteiger partial charge in [0, 0.05) is 6.04 Å². The van der Waals surface area contributed by atoms with Gasteiger partial charge in [0.25, 0.3) is 0 Å². The van der Waals surface area contributed by atoms with E-state index >= 15 is 0 Å². The maximum absolute atomic E-state index is 11.1. The monoisotopic (exact) mass is 280 g/mol.